The van der Waals surface area contributed by atoms with Crippen molar-refractivity contribution in [1.29, 1.82) is 0 Å². The van der Waals surface area contributed by atoms with Crippen LogP contribution in [0.2, 0.25) is 0 Å². The van der Waals surface area contributed by atoms with Crippen molar-refractivity contribution >= 4 is 27.9 Å². The molecule has 3 N–H and O–H groups in total. The number of piperidine rings is 1. The highest BCUT2D eigenvalue weighted by atomic mass is 79.9. The zero-order chi connectivity index (χ0) is 20.2. The number of nitrogens with zero attached hydrogens (tertiary/aromatic N) is 2. The molecule has 3 unspecified atom stereocenters. The Morgan fingerprint density at radius 1 is 1.25 bits per heavy atom. The monoisotopic (exact) mass is 446 g/mol. The molecule has 1 aliphatic heterocycles. The number of hydrogen-bond donors (Lipinski definition) is 2. The van der Waals surface area contributed by atoms with E-state index in [1.807, 2.05) is 45.0 Å². The Kier molecular flexibility index (Phi) is 4.49. The molecule has 1 saturated heterocycles. The van der Waals surface area contributed by atoms with Crippen LogP contribution < -0.4 is 5.73 Å². The molecule has 4 rings (SSSR count). The molecule has 1 aromatic heterocycles. The molecule has 7 nitrogen and oxygen atoms in total. The summed E-state index contributed by atoms with van der Waals surface area (Å²) in [4.78, 5) is 34.3. The molecule has 0 bridgehead atoms. The number of H-pyrrole nitrogens is 1. The number of carbonyl (C=O) groups excluding carboxylic acids is 2. The summed E-state index contributed by atoms with van der Waals surface area (Å²) >= 11 is 3.41. The summed E-state index contributed by atoms with van der Waals surface area (Å²) < 4.78 is 6.53. The molecule has 1 aliphatic carbocycles. The summed E-state index contributed by atoms with van der Waals surface area (Å²) in [6, 6.07) is 7.43. The topological polar surface area (TPSA) is 101 Å². The van der Waals surface area contributed by atoms with Gasteiger partial charge in [-0.05, 0) is 51.7 Å². The predicted octanol–water partition coefficient (Wildman–Crippen LogP) is 4.01. The molecule has 2 aliphatic rings. The van der Waals surface area contributed by atoms with Crippen LogP contribution in [0.4, 0.5) is 4.79 Å². The average Bonchev–Trinajstić information content (AvgIpc) is 3.04. The quantitative estimate of drug-likeness (QED) is 0.743. The second-order valence-electron chi connectivity index (χ2n) is 8.42. The fourth-order valence-electron chi connectivity index (χ4n) is 3.82. The molecule has 28 heavy (non-hydrogen) atoms. The number of likely N-dealkylation sites (tertiary alicyclic amines) is 1. The predicted molar refractivity (Wildman–Crippen MR) is 108 cm³/mol. The molecule has 2 heterocycles. The van der Waals surface area contributed by atoms with Crippen LogP contribution in [-0.4, -0.2) is 38.5 Å². The molecule has 0 spiro atoms. The number of amides is 2. The van der Waals surface area contributed by atoms with Gasteiger partial charge >= 0.3 is 6.09 Å². The molecule has 148 valence electrons. The number of primary amides is 1. The van der Waals surface area contributed by atoms with Crippen molar-refractivity contribution in [2.75, 3.05) is 0 Å². The second kappa shape index (κ2) is 6.62. The molecule has 1 saturated carbocycles. The van der Waals surface area contributed by atoms with Crippen molar-refractivity contribution in [2.45, 2.75) is 51.3 Å². The van der Waals surface area contributed by atoms with E-state index in [0.29, 0.717) is 17.4 Å². The highest BCUT2D eigenvalue weighted by Crippen LogP contribution is 2.53. The fraction of sp³-hybridized carbons (Fsp3) is 0.450. The number of aromatic nitrogens is 2. The SMILES string of the molecule is CC(C)(C)OC(=O)N1C(c2nc(-c3ccc(Br)cc3)c(C(N)=O)[nH]2)CC2CC21. The van der Waals surface area contributed by atoms with Crippen molar-refractivity contribution < 1.29 is 14.3 Å². The first-order valence-corrected chi connectivity index (χ1v) is 10.1. The van der Waals surface area contributed by atoms with Gasteiger partial charge in [-0.2, -0.15) is 0 Å². The number of rotatable bonds is 3. The number of nitrogens with two attached hydrogens (primary N) is 1. The Labute approximate surface area is 171 Å². The Bertz CT molecular complexity index is 932. The van der Waals surface area contributed by atoms with Gasteiger partial charge in [0.15, 0.2) is 0 Å². The van der Waals surface area contributed by atoms with Crippen LogP contribution in [0.15, 0.2) is 28.7 Å². The van der Waals surface area contributed by atoms with E-state index in [-0.39, 0.29) is 23.9 Å². The number of ether oxygens (including phenoxy) is 1. The number of aromatic amines is 1. The number of nitrogens with one attached hydrogen (secondary N) is 1. The molecule has 2 aromatic rings. The Morgan fingerprint density at radius 3 is 2.54 bits per heavy atom. The average molecular weight is 447 g/mol. The van der Waals surface area contributed by atoms with Crippen LogP contribution in [0.5, 0.6) is 0 Å². The third-order valence-electron chi connectivity index (χ3n) is 5.11. The van der Waals surface area contributed by atoms with Crippen LogP contribution in [-0.2, 0) is 4.74 Å². The largest absolute Gasteiger partial charge is 0.444 e. The van der Waals surface area contributed by atoms with E-state index in [9.17, 15) is 9.59 Å². The lowest BCUT2D eigenvalue weighted by atomic mass is 10.1. The standard InChI is InChI=1S/C20H23BrN4O3/c1-20(2,3)28-19(27)25-13-8-11(13)9-14(25)18-23-15(16(24-18)17(22)26)10-4-6-12(21)7-5-10/h4-7,11,13-14H,8-9H2,1-3H3,(H2,22,26)(H,23,24). The van der Waals surface area contributed by atoms with Gasteiger partial charge < -0.3 is 15.5 Å². The second-order valence-corrected chi connectivity index (χ2v) is 9.33. The van der Waals surface area contributed by atoms with Gasteiger partial charge in [-0.1, -0.05) is 28.1 Å². The molecular formula is C20H23BrN4O3. The van der Waals surface area contributed by atoms with E-state index in [0.717, 1.165) is 22.9 Å². The minimum atomic E-state index is -0.580. The minimum Gasteiger partial charge on any atom is -0.444 e. The highest BCUT2D eigenvalue weighted by molar-refractivity contribution is 9.10. The lowest BCUT2D eigenvalue weighted by Crippen LogP contribution is -2.38. The number of imidazole rings is 1. The Balaban J connectivity index is 1.69. The van der Waals surface area contributed by atoms with Gasteiger partial charge in [0.25, 0.3) is 5.91 Å². The first kappa shape index (κ1) is 19.0. The number of fused-ring (bicyclic) bond motifs is 1. The third kappa shape index (κ3) is 3.53. The Morgan fingerprint density at radius 2 is 1.93 bits per heavy atom. The van der Waals surface area contributed by atoms with Gasteiger partial charge in [-0.3, -0.25) is 9.69 Å². The van der Waals surface area contributed by atoms with E-state index in [1.165, 1.54) is 0 Å². The smallest absolute Gasteiger partial charge is 0.411 e. The first-order valence-electron chi connectivity index (χ1n) is 9.31. The van der Waals surface area contributed by atoms with Gasteiger partial charge in [0, 0.05) is 16.1 Å². The summed E-state index contributed by atoms with van der Waals surface area (Å²) in [5.74, 6) is 0.448. The molecule has 8 heteroatoms. The van der Waals surface area contributed by atoms with Crippen molar-refractivity contribution in [3.8, 4) is 11.3 Å². The molecule has 0 radical (unpaired) electrons. The molecule has 1 aromatic carbocycles. The van der Waals surface area contributed by atoms with Crippen LogP contribution >= 0.6 is 15.9 Å². The normalized spacial score (nSPS) is 23.4. The number of halogens is 1. The van der Waals surface area contributed by atoms with E-state index < -0.39 is 11.5 Å². The highest BCUT2D eigenvalue weighted by Gasteiger charge is 2.56. The van der Waals surface area contributed by atoms with Crippen molar-refractivity contribution in [3.05, 3.63) is 40.3 Å². The molecular weight excluding hydrogens is 424 g/mol. The van der Waals surface area contributed by atoms with Crippen LogP contribution in [0, 0.1) is 5.92 Å². The summed E-state index contributed by atoms with van der Waals surface area (Å²) in [7, 11) is 0. The number of benzene rings is 1. The van der Waals surface area contributed by atoms with E-state index >= 15 is 0 Å². The molecule has 2 amide bonds. The van der Waals surface area contributed by atoms with Gasteiger partial charge in [-0.15, -0.1) is 0 Å². The molecule has 3 atom stereocenters. The van der Waals surface area contributed by atoms with E-state index in [4.69, 9.17) is 10.5 Å². The fourth-order valence-corrected chi connectivity index (χ4v) is 4.09. The maximum atomic E-state index is 12.8. The summed E-state index contributed by atoms with van der Waals surface area (Å²) in [5, 5.41) is 0. The zero-order valence-electron chi connectivity index (χ0n) is 16.0. The number of hydrogen-bond acceptors (Lipinski definition) is 4. The number of carbonyl (C=O) groups is 2. The van der Waals surface area contributed by atoms with E-state index in [2.05, 4.69) is 25.9 Å². The van der Waals surface area contributed by atoms with Crippen molar-refractivity contribution in [1.82, 2.24) is 14.9 Å². The van der Waals surface area contributed by atoms with Crippen LogP contribution in [0.3, 0.4) is 0 Å². The van der Waals surface area contributed by atoms with Gasteiger partial charge in [-0.25, -0.2) is 9.78 Å². The lowest BCUT2D eigenvalue weighted by Gasteiger charge is -2.29. The zero-order valence-corrected chi connectivity index (χ0v) is 17.6. The van der Waals surface area contributed by atoms with Crippen molar-refractivity contribution in [3.63, 3.8) is 0 Å². The van der Waals surface area contributed by atoms with Crippen LogP contribution in [0.25, 0.3) is 11.3 Å². The molecule has 2 fully saturated rings. The first-order chi connectivity index (χ1) is 13.1. The lowest BCUT2D eigenvalue weighted by molar-refractivity contribution is 0.0175. The maximum Gasteiger partial charge on any atom is 0.411 e. The summed E-state index contributed by atoms with van der Waals surface area (Å²) in [6.07, 6.45) is 1.44. The van der Waals surface area contributed by atoms with Gasteiger partial charge in [0.2, 0.25) is 0 Å². The maximum absolute atomic E-state index is 12.8. The van der Waals surface area contributed by atoms with Gasteiger partial charge in [0.1, 0.15) is 22.8 Å². The van der Waals surface area contributed by atoms with Crippen LogP contribution in [0.1, 0.15) is 56.0 Å². The summed E-state index contributed by atoms with van der Waals surface area (Å²) in [6.45, 7) is 5.55. The summed E-state index contributed by atoms with van der Waals surface area (Å²) in [5.41, 5.74) is 6.55. The Hall–Kier alpha value is -2.35. The third-order valence-corrected chi connectivity index (χ3v) is 5.64. The van der Waals surface area contributed by atoms with Gasteiger partial charge in [0.05, 0.1) is 6.04 Å². The van der Waals surface area contributed by atoms with E-state index in [1.54, 1.807) is 4.90 Å². The minimum absolute atomic E-state index is 0.179. The van der Waals surface area contributed by atoms with Crippen molar-refractivity contribution in [2.24, 2.45) is 11.7 Å².